The van der Waals surface area contributed by atoms with Gasteiger partial charge in [-0.05, 0) is 32.5 Å². The van der Waals surface area contributed by atoms with Gasteiger partial charge >= 0.3 is 0 Å². The fourth-order valence-electron chi connectivity index (χ4n) is 3.23. The first-order valence-corrected chi connectivity index (χ1v) is 7.83. The zero-order valence-corrected chi connectivity index (χ0v) is 14.3. The second-order valence-electron chi connectivity index (χ2n) is 6.17. The van der Waals surface area contributed by atoms with Gasteiger partial charge in [0.15, 0.2) is 5.65 Å². The minimum atomic E-state index is 0.129. The Morgan fingerprint density at radius 1 is 1.22 bits per heavy atom. The van der Waals surface area contributed by atoms with E-state index in [1.807, 2.05) is 20.0 Å². The van der Waals surface area contributed by atoms with E-state index in [1.54, 1.807) is 7.11 Å². The van der Waals surface area contributed by atoms with E-state index in [4.69, 9.17) is 4.74 Å². The minimum absolute atomic E-state index is 0.129. The highest BCUT2D eigenvalue weighted by Crippen LogP contribution is 2.25. The van der Waals surface area contributed by atoms with Crippen molar-refractivity contribution in [1.82, 2.24) is 19.9 Å². The topological polar surface area (TPSA) is 75.2 Å². The lowest BCUT2D eigenvalue weighted by molar-refractivity contribution is 0.104. The van der Waals surface area contributed by atoms with Crippen LogP contribution >= 0.6 is 0 Å². The van der Waals surface area contributed by atoms with Crippen molar-refractivity contribution in [3.05, 3.63) is 17.3 Å². The summed E-state index contributed by atoms with van der Waals surface area (Å²) in [6.45, 7) is 5.83. The molecule has 0 aromatic carbocycles. The number of nitrogens with one attached hydrogen (secondary N) is 2. The van der Waals surface area contributed by atoms with Crippen molar-refractivity contribution in [2.75, 3.05) is 44.9 Å². The summed E-state index contributed by atoms with van der Waals surface area (Å²) in [6, 6.07) is 2.21. The summed E-state index contributed by atoms with van der Waals surface area (Å²) in [6.07, 6.45) is 0.129. The normalized spacial score (nSPS) is 21.8. The molecule has 0 amide bonds. The summed E-state index contributed by atoms with van der Waals surface area (Å²) in [5, 5.41) is 7.53. The Kier molecular flexibility index (Phi) is 4.32. The molecule has 1 saturated heterocycles. The number of ether oxygens (including phenoxy) is 1. The van der Waals surface area contributed by atoms with Crippen molar-refractivity contribution in [2.45, 2.75) is 26.0 Å². The van der Waals surface area contributed by atoms with Gasteiger partial charge in [0.1, 0.15) is 5.82 Å². The van der Waals surface area contributed by atoms with Crippen LogP contribution in [0.15, 0.2) is 6.07 Å². The summed E-state index contributed by atoms with van der Waals surface area (Å²) in [4.78, 5) is 16.0. The smallest absolute Gasteiger partial charge is 0.227 e. The van der Waals surface area contributed by atoms with E-state index in [9.17, 15) is 0 Å². The van der Waals surface area contributed by atoms with Crippen molar-refractivity contribution in [3.63, 3.8) is 0 Å². The Hall–Kier alpha value is -1.99. The SMILES string of the molecule is CNc1nc(N[C@H]2CN(C)C[C@H]2OC)nc2nc(C)cc(C)c12. The first kappa shape index (κ1) is 15.9. The molecule has 2 N–H and O–H groups in total. The fraction of sp³-hybridized carbons (Fsp3) is 0.562. The number of methoxy groups -OCH3 is 1. The number of fused-ring (bicyclic) bond motifs is 1. The molecule has 0 aliphatic carbocycles. The molecule has 7 nitrogen and oxygen atoms in total. The van der Waals surface area contributed by atoms with Gasteiger partial charge in [0.25, 0.3) is 0 Å². The van der Waals surface area contributed by atoms with Gasteiger partial charge in [-0.15, -0.1) is 0 Å². The second-order valence-corrected chi connectivity index (χ2v) is 6.17. The lowest BCUT2D eigenvalue weighted by Crippen LogP contribution is -2.34. The molecule has 2 atom stereocenters. The molecule has 2 aromatic rings. The average molecular weight is 316 g/mol. The molecule has 23 heavy (non-hydrogen) atoms. The molecule has 0 saturated carbocycles. The number of aromatic nitrogens is 3. The van der Waals surface area contributed by atoms with Crippen molar-refractivity contribution in [2.24, 2.45) is 0 Å². The summed E-state index contributed by atoms with van der Waals surface area (Å²) in [7, 11) is 5.70. The van der Waals surface area contributed by atoms with Crippen molar-refractivity contribution in [3.8, 4) is 0 Å². The molecular weight excluding hydrogens is 292 g/mol. The summed E-state index contributed by atoms with van der Waals surface area (Å²) >= 11 is 0. The van der Waals surface area contributed by atoms with Gasteiger partial charge in [0.05, 0.1) is 17.5 Å². The molecule has 1 fully saturated rings. The van der Waals surface area contributed by atoms with Crippen molar-refractivity contribution >= 4 is 22.8 Å². The molecule has 1 aliphatic heterocycles. The predicted octanol–water partition coefficient (Wildman–Crippen LogP) is 1.42. The van der Waals surface area contributed by atoms with Crippen LogP contribution in [0, 0.1) is 13.8 Å². The third-order valence-corrected chi connectivity index (χ3v) is 4.29. The summed E-state index contributed by atoms with van der Waals surface area (Å²) in [5.41, 5.74) is 2.79. The van der Waals surface area contributed by atoms with Gasteiger partial charge in [-0.3, -0.25) is 0 Å². The average Bonchev–Trinajstić information content (AvgIpc) is 2.85. The zero-order valence-electron chi connectivity index (χ0n) is 14.3. The van der Waals surface area contributed by atoms with Crippen LogP contribution in [0.5, 0.6) is 0 Å². The third-order valence-electron chi connectivity index (χ3n) is 4.29. The van der Waals surface area contributed by atoms with E-state index in [0.29, 0.717) is 11.6 Å². The number of rotatable bonds is 4. The van der Waals surface area contributed by atoms with Crippen LogP contribution in [-0.2, 0) is 4.74 Å². The molecule has 3 heterocycles. The Morgan fingerprint density at radius 3 is 2.70 bits per heavy atom. The summed E-state index contributed by atoms with van der Waals surface area (Å²) < 4.78 is 5.56. The predicted molar refractivity (Wildman–Crippen MR) is 92.1 cm³/mol. The Labute approximate surface area is 136 Å². The molecular formula is C16H24N6O. The second kappa shape index (κ2) is 6.25. The molecule has 2 aromatic heterocycles. The standard InChI is InChI=1S/C16H24N6O/c1-9-6-10(2)18-15-13(9)14(17-3)20-16(21-15)19-11-7-22(4)8-12(11)23-5/h6,11-12H,7-8H2,1-5H3,(H2,17,18,19,20,21)/t11-,12+/m0/s1. The van der Waals surface area contributed by atoms with Crippen LogP contribution in [-0.4, -0.2) is 66.3 Å². The van der Waals surface area contributed by atoms with Gasteiger partial charge < -0.3 is 20.3 Å². The monoisotopic (exact) mass is 316 g/mol. The number of hydrogen-bond acceptors (Lipinski definition) is 7. The van der Waals surface area contributed by atoms with Crippen LogP contribution in [0.25, 0.3) is 11.0 Å². The Bertz CT molecular complexity index is 719. The van der Waals surface area contributed by atoms with Crippen molar-refractivity contribution in [1.29, 1.82) is 0 Å². The number of pyridine rings is 1. The van der Waals surface area contributed by atoms with E-state index < -0.39 is 0 Å². The van der Waals surface area contributed by atoms with Gasteiger partial charge in [-0.25, -0.2) is 4.98 Å². The highest BCUT2D eigenvalue weighted by molar-refractivity contribution is 5.90. The molecule has 0 radical (unpaired) electrons. The lowest BCUT2D eigenvalue weighted by atomic mass is 10.1. The van der Waals surface area contributed by atoms with Gasteiger partial charge in [0.2, 0.25) is 5.95 Å². The highest BCUT2D eigenvalue weighted by Gasteiger charge is 2.31. The van der Waals surface area contributed by atoms with Crippen LogP contribution in [0.3, 0.4) is 0 Å². The number of anilines is 2. The largest absolute Gasteiger partial charge is 0.378 e. The van der Waals surface area contributed by atoms with Crippen molar-refractivity contribution < 1.29 is 4.74 Å². The maximum absolute atomic E-state index is 5.56. The Balaban J connectivity index is 1.98. The summed E-state index contributed by atoms with van der Waals surface area (Å²) in [5.74, 6) is 1.38. The molecule has 3 rings (SSSR count). The van der Waals surface area contributed by atoms with Crippen LogP contribution in [0.4, 0.5) is 11.8 Å². The van der Waals surface area contributed by atoms with E-state index in [0.717, 1.165) is 35.6 Å². The van der Waals surface area contributed by atoms with Crippen LogP contribution in [0.1, 0.15) is 11.3 Å². The van der Waals surface area contributed by atoms with E-state index >= 15 is 0 Å². The molecule has 0 spiro atoms. The van der Waals surface area contributed by atoms with E-state index in [-0.39, 0.29) is 12.1 Å². The number of likely N-dealkylation sites (tertiary alicyclic amines) is 1. The minimum Gasteiger partial charge on any atom is -0.378 e. The van der Waals surface area contributed by atoms with Gasteiger partial charge in [-0.1, -0.05) is 0 Å². The van der Waals surface area contributed by atoms with Crippen LogP contribution < -0.4 is 10.6 Å². The molecule has 0 bridgehead atoms. The third kappa shape index (κ3) is 3.07. The molecule has 7 heteroatoms. The quantitative estimate of drug-likeness (QED) is 0.883. The number of hydrogen-bond donors (Lipinski definition) is 2. The fourth-order valence-corrected chi connectivity index (χ4v) is 3.23. The number of nitrogens with zero attached hydrogens (tertiary/aromatic N) is 4. The number of aryl methyl sites for hydroxylation is 2. The zero-order chi connectivity index (χ0) is 16.6. The van der Waals surface area contributed by atoms with Gasteiger partial charge in [0, 0.05) is 32.9 Å². The lowest BCUT2D eigenvalue weighted by Gasteiger charge is -2.19. The molecule has 0 unspecified atom stereocenters. The molecule has 1 aliphatic rings. The maximum Gasteiger partial charge on any atom is 0.227 e. The highest BCUT2D eigenvalue weighted by atomic mass is 16.5. The van der Waals surface area contributed by atoms with Crippen LogP contribution in [0.2, 0.25) is 0 Å². The number of likely N-dealkylation sites (N-methyl/N-ethyl adjacent to an activating group) is 1. The molecule has 124 valence electrons. The first-order valence-electron chi connectivity index (χ1n) is 7.83. The first-order chi connectivity index (χ1) is 11.0. The Morgan fingerprint density at radius 2 is 2.00 bits per heavy atom. The van der Waals surface area contributed by atoms with Gasteiger partial charge in [-0.2, -0.15) is 9.97 Å². The maximum atomic E-state index is 5.56. The van der Waals surface area contributed by atoms with E-state index in [2.05, 4.69) is 44.5 Å². The van der Waals surface area contributed by atoms with E-state index in [1.165, 1.54) is 0 Å².